The molecule has 1 fully saturated rings. The average molecular weight is 424 g/mol. The summed E-state index contributed by atoms with van der Waals surface area (Å²) >= 11 is 0. The zero-order valence-electron chi connectivity index (χ0n) is 17.1. The first-order valence-electron chi connectivity index (χ1n) is 10.4. The molecule has 0 spiro atoms. The molecular formula is C24H26ClN3O2. The molecule has 0 unspecified atom stereocenters. The highest BCUT2D eigenvalue weighted by Crippen LogP contribution is 2.45. The normalized spacial score (nSPS) is 21.0. The Labute approximate surface area is 183 Å². The minimum absolute atomic E-state index is 0. The zero-order chi connectivity index (χ0) is 20.0. The van der Waals surface area contributed by atoms with Gasteiger partial charge in [0.1, 0.15) is 0 Å². The number of likely N-dealkylation sites (tertiary alicyclic amines) is 1. The molecule has 5 rings (SSSR count). The summed E-state index contributed by atoms with van der Waals surface area (Å²) in [5, 5.41) is 0. The van der Waals surface area contributed by atoms with Crippen molar-refractivity contribution in [3.05, 3.63) is 59.7 Å². The van der Waals surface area contributed by atoms with Gasteiger partial charge in [0.15, 0.2) is 0 Å². The molecule has 0 aliphatic carbocycles. The second kappa shape index (κ2) is 8.25. The van der Waals surface area contributed by atoms with E-state index < -0.39 is 0 Å². The topological polar surface area (TPSA) is 43.9 Å². The highest BCUT2D eigenvalue weighted by atomic mass is 35.5. The van der Waals surface area contributed by atoms with Gasteiger partial charge in [0.2, 0.25) is 0 Å². The molecule has 5 nitrogen and oxygen atoms in total. The summed E-state index contributed by atoms with van der Waals surface area (Å²) in [6.07, 6.45) is 3.77. The highest BCUT2D eigenvalue weighted by molar-refractivity contribution is 6.49. The summed E-state index contributed by atoms with van der Waals surface area (Å²) in [7, 11) is 1.77. The van der Waals surface area contributed by atoms with E-state index in [0.29, 0.717) is 17.7 Å². The molecule has 30 heavy (non-hydrogen) atoms. The van der Waals surface area contributed by atoms with Crippen LogP contribution in [0.4, 0.5) is 11.4 Å². The number of amides is 2. The third-order valence-electron chi connectivity index (χ3n) is 6.31. The van der Waals surface area contributed by atoms with Crippen LogP contribution in [-0.2, 0) is 9.59 Å². The van der Waals surface area contributed by atoms with Crippen LogP contribution >= 0.6 is 12.4 Å². The van der Waals surface area contributed by atoms with Gasteiger partial charge >= 0.3 is 0 Å². The number of anilines is 2. The predicted octanol–water partition coefficient (Wildman–Crippen LogP) is 3.83. The number of carbonyl (C=O) groups excluding carboxylic acids is 2. The van der Waals surface area contributed by atoms with Crippen LogP contribution in [0.2, 0.25) is 0 Å². The molecule has 2 aromatic rings. The number of hydrogen-bond acceptors (Lipinski definition) is 3. The third-order valence-corrected chi connectivity index (χ3v) is 6.31. The van der Waals surface area contributed by atoms with E-state index >= 15 is 0 Å². The average Bonchev–Trinajstić information content (AvgIpc) is 3.18. The smallest absolute Gasteiger partial charge is 0.259 e. The molecule has 3 aliphatic heterocycles. The lowest BCUT2D eigenvalue weighted by molar-refractivity contribution is -0.114. The number of piperidine rings is 1. The summed E-state index contributed by atoms with van der Waals surface area (Å²) in [4.78, 5) is 32.6. The van der Waals surface area contributed by atoms with Crippen LogP contribution in [0.1, 0.15) is 30.4 Å². The number of likely N-dealkylation sites (N-methyl/N-ethyl adjacent to an activating group) is 1. The molecule has 156 valence electrons. The van der Waals surface area contributed by atoms with Crippen LogP contribution in [0.15, 0.2) is 48.5 Å². The summed E-state index contributed by atoms with van der Waals surface area (Å²) in [5.74, 6) is -0.168. The Balaban J connectivity index is 0.00000218. The Kier molecular flexibility index (Phi) is 5.67. The third kappa shape index (κ3) is 3.22. The van der Waals surface area contributed by atoms with Gasteiger partial charge in [-0.05, 0) is 38.1 Å². The van der Waals surface area contributed by atoms with Crippen molar-refractivity contribution in [3.63, 3.8) is 0 Å². The van der Waals surface area contributed by atoms with Crippen LogP contribution in [0.25, 0.3) is 11.1 Å². The van der Waals surface area contributed by atoms with Crippen LogP contribution in [0.5, 0.6) is 0 Å². The Morgan fingerprint density at radius 1 is 0.733 bits per heavy atom. The van der Waals surface area contributed by atoms with Crippen molar-refractivity contribution in [2.45, 2.75) is 19.3 Å². The molecule has 0 N–H and O–H groups in total. The summed E-state index contributed by atoms with van der Waals surface area (Å²) in [6.45, 7) is 3.73. The first-order chi connectivity index (χ1) is 14.2. The van der Waals surface area contributed by atoms with Crippen molar-refractivity contribution in [1.82, 2.24) is 4.90 Å². The maximum absolute atomic E-state index is 13.6. The number of benzene rings is 2. The van der Waals surface area contributed by atoms with Gasteiger partial charge in [-0.1, -0.05) is 42.8 Å². The molecule has 0 bridgehead atoms. The number of rotatable bonds is 3. The fourth-order valence-electron chi connectivity index (χ4n) is 4.78. The zero-order valence-corrected chi connectivity index (χ0v) is 18.0. The molecule has 3 heterocycles. The summed E-state index contributed by atoms with van der Waals surface area (Å²) in [5.41, 5.74) is 4.55. The van der Waals surface area contributed by atoms with E-state index in [2.05, 4.69) is 4.90 Å². The van der Waals surface area contributed by atoms with E-state index in [1.807, 2.05) is 53.4 Å². The van der Waals surface area contributed by atoms with Crippen molar-refractivity contribution in [2.75, 3.05) is 43.0 Å². The van der Waals surface area contributed by atoms with Gasteiger partial charge in [-0.25, -0.2) is 0 Å². The van der Waals surface area contributed by atoms with Crippen molar-refractivity contribution in [2.24, 2.45) is 0 Å². The molecule has 2 amide bonds. The highest BCUT2D eigenvalue weighted by Gasteiger charge is 2.40. The molecule has 0 aromatic heterocycles. The van der Waals surface area contributed by atoms with Gasteiger partial charge in [0.25, 0.3) is 11.8 Å². The van der Waals surface area contributed by atoms with Gasteiger partial charge in [-0.3, -0.25) is 9.59 Å². The molecule has 2 aromatic carbocycles. The molecular weight excluding hydrogens is 398 g/mol. The predicted molar refractivity (Wildman–Crippen MR) is 123 cm³/mol. The quantitative estimate of drug-likeness (QED) is 0.705. The Morgan fingerprint density at radius 3 is 2.00 bits per heavy atom. The summed E-state index contributed by atoms with van der Waals surface area (Å²) < 4.78 is 0. The molecule has 1 saturated heterocycles. The lowest BCUT2D eigenvalue weighted by Gasteiger charge is -2.28. The molecule has 0 radical (unpaired) electrons. The van der Waals surface area contributed by atoms with Gasteiger partial charge in [-0.2, -0.15) is 0 Å². The summed E-state index contributed by atoms with van der Waals surface area (Å²) in [6, 6.07) is 15.6. The Morgan fingerprint density at radius 2 is 1.30 bits per heavy atom. The molecule has 6 heteroatoms. The van der Waals surface area contributed by atoms with E-state index in [-0.39, 0.29) is 24.2 Å². The number of halogens is 1. The lowest BCUT2D eigenvalue weighted by Crippen LogP contribution is -2.39. The second-order valence-corrected chi connectivity index (χ2v) is 8.01. The largest absolute Gasteiger partial charge is 0.311 e. The number of nitrogens with zero attached hydrogens (tertiary/aromatic N) is 3. The molecule has 0 saturated carbocycles. The van der Waals surface area contributed by atoms with Crippen molar-refractivity contribution in [1.29, 1.82) is 0 Å². The van der Waals surface area contributed by atoms with Gasteiger partial charge in [0.05, 0.1) is 22.5 Å². The van der Waals surface area contributed by atoms with E-state index in [0.717, 1.165) is 42.1 Å². The van der Waals surface area contributed by atoms with E-state index in [4.69, 9.17) is 0 Å². The molecule has 0 atom stereocenters. The van der Waals surface area contributed by atoms with Gasteiger partial charge in [0, 0.05) is 31.3 Å². The van der Waals surface area contributed by atoms with Crippen LogP contribution in [0, 0.1) is 0 Å². The van der Waals surface area contributed by atoms with E-state index in [9.17, 15) is 9.59 Å². The Bertz CT molecular complexity index is 1030. The van der Waals surface area contributed by atoms with Crippen LogP contribution < -0.4 is 9.80 Å². The molecule has 3 aliphatic rings. The maximum atomic E-state index is 13.6. The van der Waals surface area contributed by atoms with Crippen LogP contribution in [-0.4, -0.2) is 49.9 Å². The SMILES string of the molecule is CN1C(=O)/C(=C2/C(=O)N(CCN3CCCCC3)c3ccccc32)c2ccccc21.Cl. The first kappa shape index (κ1) is 20.6. The number of carbonyl (C=O) groups is 2. The fraction of sp³-hybridized carbons (Fsp3) is 0.333. The maximum Gasteiger partial charge on any atom is 0.259 e. The standard InChI is InChI=1S/C24H25N3O2.ClH/c1-25-19-11-5-3-9-17(19)21(23(25)28)22-18-10-4-6-12-20(18)27(24(22)29)16-15-26-13-7-2-8-14-26;/h3-6,9-12H,2,7-8,13-16H2,1H3;1H/b22-21+;. The van der Waals surface area contributed by atoms with E-state index in [1.54, 1.807) is 11.9 Å². The van der Waals surface area contributed by atoms with Crippen molar-refractivity contribution in [3.8, 4) is 0 Å². The minimum atomic E-state index is -0.109. The number of para-hydroxylation sites is 2. The van der Waals surface area contributed by atoms with Crippen LogP contribution in [0.3, 0.4) is 0 Å². The Hall–Kier alpha value is -2.63. The second-order valence-electron chi connectivity index (χ2n) is 8.01. The van der Waals surface area contributed by atoms with Gasteiger partial charge in [-0.15, -0.1) is 12.4 Å². The fourth-order valence-corrected chi connectivity index (χ4v) is 4.78. The van der Waals surface area contributed by atoms with Gasteiger partial charge < -0.3 is 14.7 Å². The number of fused-ring (bicyclic) bond motifs is 2. The lowest BCUT2D eigenvalue weighted by atomic mass is 9.96. The van der Waals surface area contributed by atoms with Crippen molar-refractivity contribution < 1.29 is 9.59 Å². The monoisotopic (exact) mass is 423 g/mol. The minimum Gasteiger partial charge on any atom is -0.311 e. The van der Waals surface area contributed by atoms with Crippen molar-refractivity contribution >= 4 is 46.7 Å². The van der Waals surface area contributed by atoms with E-state index in [1.165, 1.54) is 19.3 Å². The number of hydrogen-bond donors (Lipinski definition) is 0. The first-order valence-corrected chi connectivity index (χ1v) is 10.4.